The third kappa shape index (κ3) is 24.5. The van der Waals surface area contributed by atoms with Gasteiger partial charge in [-0.1, -0.05) is 6.08 Å². The molecule has 1 N–H and O–H groups in total. The molecular weight excluding hydrogens is 199 g/mol. The molecule has 3 nitrogen and oxygen atoms in total. The van der Waals surface area contributed by atoms with Crippen molar-refractivity contribution in [3.05, 3.63) is 12.7 Å². The van der Waals surface area contributed by atoms with E-state index in [1.54, 1.807) is 0 Å². The predicted octanol–water partition coefficient (Wildman–Crippen LogP) is 1.82. The Morgan fingerprint density at radius 3 is 2.08 bits per heavy atom. The van der Waals surface area contributed by atoms with E-state index in [1.165, 1.54) is 50.9 Å². The fourth-order valence-electron chi connectivity index (χ4n) is 0.649. The molecule has 0 aromatic rings. The van der Waals surface area contributed by atoms with Gasteiger partial charge in [-0.3, -0.25) is 4.55 Å². The third-order valence-corrected chi connectivity index (χ3v) is 2.65. The Bertz CT molecular complexity index is 195. The zero-order chi connectivity index (χ0) is 10.7. The van der Waals surface area contributed by atoms with E-state index in [9.17, 15) is 8.42 Å². The molecule has 0 bridgehead atoms. The van der Waals surface area contributed by atoms with Crippen molar-refractivity contribution in [2.24, 2.45) is 0 Å². The Morgan fingerprint density at radius 2 is 2.00 bits per heavy atom. The van der Waals surface area contributed by atoms with Crippen LogP contribution in [-0.4, -0.2) is 46.7 Å². The molecular formula is C8H17NaO3S. The molecule has 0 heterocycles. The summed E-state index contributed by atoms with van der Waals surface area (Å²) in [5.74, 6) is -0.368. The molecule has 0 atom stereocenters. The van der Waals surface area contributed by atoms with Gasteiger partial charge in [-0.2, -0.15) is 8.42 Å². The predicted molar refractivity (Wildman–Crippen MR) is 56.7 cm³/mol. The summed E-state index contributed by atoms with van der Waals surface area (Å²) in [6.45, 7) is 5.35. The fraction of sp³-hybridized carbons (Fsp3) is 0.750. The summed E-state index contributed by atoms with van der Waals surface area (Å²) in [6, 6.07) is 0. The zero-order valence-electron chi connectivity index (χ0n) is 8.49. The van der Waals surface area contributed by atoms with Crippen LogP contribution in [0.4, 0.5) is 0 Å². The van der Waals surface area contributed by atoms with E-state index in [1.807, 2.05) is 0 Å². The molecule has 0 unspecified atom stereocenters. The first-order valence-electron chi connectivity index (χ1n) is 4.54. The molecule has 0 radical (unpaired) electrons. The average molecular weight is 216 g/mol. The minimum absolute atomic E-state index is 0.368. The van der Waals surface area contributed by atoms with Gasteiger partial charge < -0.3 is 0 Å². The van der Waals surface area contributed by atoms with Crippen molar-refractivity contribution in [3.8, 4) is 0 Å². The van der Waals surface area contributed by atoms with Gasteiger partial charge in [0, 0.05) is 0 Å². The summed E-state index contributed by atoms with van der Waals surface area (Å²) in [5.41, 5.74) is 0. The molecule has 0 aromatic carbocycles. The van der Waals surface area contributed by atoms with E-state index < -0.39 is 10.1 Å². The Kier molecular flexibility index (Phi) is 13.3. The van der Waals surface area contributed by atoms with Gasteiger partial charge >= 0.3 is 57.8 Å². The van der Waals surface area contributed by atoms with E-state index in [0.717, 1.165) is 6.08 Å². The van der Waals surface area contributed by atoms with Gasteiger partial charge in [0.05, 0.1) is 5.75 Å². The van der Waals surface area contributed by atoms with Crippen molar-refractivity contribution in [2.45, 2.75) is 29.9 Å². The summed E-state index contributed by atoms with van der Waals surface area (Å²) < 4.78 is 28.8. The van der Waals surface area contributed by atoms with E-state index >= 15 is 0 Å². The van der Waals surface area contributed by atoms with Gasteiger partial charge in [0.25, 0.3) is 10.1 Å². The molecule has 0 spiro atoms. The molecule has 0 aromatic heterocycles. The zero-order valence-corrected chi connectivity index (χ0v) is 11.3. The van der Waals surface area contributed by atoms with Gasteiger partial charge in [0.1, 0.15) is 0 Å². The average Bonchev–Trinajstić information content (AvgIpc) is 1.99. The van der Waals surface area contributed by atoms with Crippen LogP contribution in [0.2, 0.25) is 3.67 Å². The molecule has 13 heavy (non-hydrogen) atoms. The van der Waals surface area contributed by atoms with Crippen LogP contribution in [0.5, 0.6) is 0 Å². The second-order valence-electron chi connectivity index (χ2n) is 2.74. The van der Waals surface area contributed by atoms with Crippen molar-refractivity contribution in [1.29, 1.82) is 0 Å². The Balaban J connectivity index is 0. The molecule has 0 amide bonds. The van der Waals surface area contributed by atoms with Gasteiger partial charge in [0.15, 0.2) is 0 Å². The van der Waals surface area contributed by atoms with E-state index in [4.69, 9.17) is 4.55 Å². The van der Waals surface area contributed by atoms with Crippen molar-refractivity contribution >= 4 is 38.0 Å². The van der Waals surface area contributed by atoms with E-state index in [2.05, 4.69) is 13.5 Å². The summed E-state index contributed by atoms with van der Waals surface area (Å²) in [7, 11) is -3.79. The topological polar surface area (TPSA) is 54.4 Å². The molecule has 0 saturated carbocycles. The van der Waals surface area contributed by atoms with E-state index in [-0.39, 0.29) is 5.75 Å². The van der Waals surface area contributed by atoms with E-state index in [0.29, 0.717) is 0 Å². The number of rotatable bonds is 5. The normalized spacial score (nSPS) is 10.2. The minimum atomic E-state index is -3.79. The third-order valence-electron chi connectivity index (χ3n) is 1.29. The van der Waals surface area contributed by atoms with Crippen molar-refractivity contribution in [2.75, 3.05) is 5.75 Å². The molecule has 0 aliphatic carbocycles. The summed E-state index contributed by atoms with van der Waals surface area (Å²) in [5, 5.41) is 0. The van der Waals surface area contributed by atoms with Crippen LogP contribution in [0.3, 0.4) is 0 Å². The molecule has 0 rings (SSSR count). The second kappa shape index (κ2) is 10.7. The van der Waals surface area contributed by atoms with Crippen LogP contribution >= 0.6 is 0 Å². The SMILES string of the molecule is C=CCS(=O)(=O)O.CCCC[CH2][Na]. The first-order valence-corrected chi connectivity index (χ1v) is 7.56. The Hall–Kier alpha value is 0.650. The van der Waals surface area contributed by atoms with Crippen molar-refractivity contribution in [1.82, 2.24) is 0 Å². The molecule has 0 fully saturated rings. The quantitative estimate of drug-likeness (QED) is 0.330. The van der Waals surface area contributed by atoms with Gasteiger partial charge in [-0.25, -0.2) is 0 Å². The summed E-state index contributed by atoms with van der Waals surface area (Å²) >= 11 is 1.40. The summed E-state index contributed by atoms with van der Waals surface area (Å²) in [6.07, 6.45) is 5.42. The van der Waals surface area contributed by atoms with Gasteiger partial charge in [-0.05, 0) is 0 Å². The van der Waals surface area contributed by atoms with Crippen molar-refractivity contribution < 1.29 is 13.0 Å². The fourth-order valence-corrected chi connectivity index (χ4v) is 1.45. The molecule has 0 aliphatic heterocycles. The first kappa shape index (κ1) is 16.1. The second-order valence-corrected chi connectivity index (χ2v) is 5.24. The Morgan fingerprint density at radius 1 is 1.46 bits per heavy atom. The maximum absolute atomic E-state index is 9.72. The van der Waals surface area contributed by atoms with Gasteiger partial charge in [-0.15, -0.1) is 6.58 Å². The molecule has 74 valence electrons. The van der Waals surface area contributed by atoms with Crippen LogP contribution < -0.4 is 0 Å². The standard InChI is InChI=1S/C5H11.C3H6O3S.Na/c1-3-5-4-2;1-2-3-7(4,5)6;/h1,3-5H2,2H3;2H,1,3H2,(H,4,5,6);. The van der Waals surface area contributed by atoms with Crippen LogP contribution in [0, 0.1) is 0 Å². The van der Waals surface area contributed by atoms with Crippen LogP contribution in [-0.2, 0) is 10.1 Å². The monoisotopic (exact) mass is 216 g/mol. The molecule has 0 saturated heterocycles. The van der Waals surface area contributed by atoms with Crippen LogP contribution in [0.15, 0.2) is 12.7 Å². The van der Waals surface area contributed by atoms with Gasteiger partial charge in [0.2, 0.25) is 0 Å². The van der Waals surface area contributed by atoms with Crippen molar-refractivity contribution in [3.63, 3.8) is 0 Å². The number of unbranched alkanes of at least 4 members (excludes halogenated alkanes) is 2. The number of hydrogen-bond acceptors (Lipinski definition) is 2. The first-order chi connectivity index (χ1) is 5.97. The van der Waals surface area contributed by atoms with Crippen LogP contribution in [0.25, 0.3) is 0 Å². The van der Waals surface area contributed by atoms with Crippen LogP contribution in [0.1, 0.15) is 26.2 Å². The summed E-state index contributed by atoms with van der Waals surface area (Å²) in [4.78, 5) is 0. The maximum atomic E-state index is 9.72. The molecule has 0 aliphatic rings. The molecule has 5 heteroatoms. The number of hydrogen-bond donors (Lipinski definition) is 1. The Labute approximate surface area is 98.8 Å².